The van der Waals surface area contributed by atoms with Gasteiger partial charge < -0.3 is 4.90 Å². The van der Waals surface area contributed by atoms with Crippen molar-refractivity contribution in [2.75, 3.05) is 14.1 Å². The highest BCUT2D eigenvalue weighted by Crippen LogP contribution is 2.58. The van der Waals surface area contributed by atoms with Crippen molar-refractivity contribution in [2.45, 2.75) is 32.1 Å². The van der Waals surface area contributed by atoms with E-state index in [0.29, 0.717) is 17.2 Å². The largest absolute Gasteiger partial charge is 0.349 e. The second-order valence-corrected chi connectivity index (χ2v) is 4.69. The highest BCUT2D eigenvalue weighted by Gasteiger charge is 2.50. The lowest BCUT2D eigenvalue weighted by Crippen LogP contribution is -2.48. The molecule has 68 valence electrons. The van der Waals surface area contributed by atoms with Crippen molar-refractivity contribution in [1.29, 1.82) is 0 Å². The summed E-state index contributed by atoms with van der Waals surface area (Å²) in [5.41, 5.74) is 0.635. The van der Waals surface area contributed by atoms with E-state index in [1.54, 1.807) is 4.90 Å². The Hall–Kier alpha value is -0.530. The first-order valence-corrected chi connectivity index (χ1v) is 4.84. The van der Waals surface area contributed by atoms with Gasteiger partial charge in [0.05, 0.1) is 0 Å². The Kier molecular flexibility index (Phi) is 1.67. The van der Waals surface area contributed by atoms with E-state index < -0.39 is 0 Å². The summed E-state index contributed by atoms with van der Waals surface area (Å²) >= 11 is 0. The zero-order valence-electron chi connectivity index (χ0n) is 7.97. The van der Waals surface area contributed by atoms with Crippen molar-refractivity contribution >= 4 is 5.91 Å². The van der Waals surface area contributed by atoms with E-state index in [-0.39, 0.29) is 0 Å². The Morgan fingerprint density at radius 2 is 1.92 bits per heavy atom. The molecule has 0 atom stereocenters. The SMILES string of the molecule is CN(C)C(=O)C1CC2(CCC2)C1. The van der Waals surface area contributed by atoms with Gasteiger partial charge in [0.15, 0.2) is 0 Å². The Morgan fingerprint density at radius 3 is 2.25 bits per heavy atom. The summed E-state index contributed by atoms with van der Waals surface area (Å²) in [5.74, 6) is 0.702. The number of carbonyl (C=O) groups excluding carboxylic acids is 1. The Bertz CT molecular complexity index is 198. The molecule has 0 heterocycles. The first kappa shape index (κ1) is 8.09. The van der Waals surface area contributed by atoms with Crippen LogP contribution in [0, 0.1) is 11.3 Å². The zero-order valence-corrected chi connectivity index (χ0v) is 7.97. The van der Waals surface area contributed by atoms with E-state index in [1.807, 2.05) is 14.1 Å². The van der Waals surface area contributed by atoms with Gasteiger partial charge >= 0.3 is 0 Å². The van der Waals surface area contributed by atoms with Gasteiger partial charge in [0.2, 0.25) is 5.91 Å². The maximum atomic E-state index is 11.5. The molecule has 0 radical (unpaired) electrons. The van der Waals surface area contributed by atoms with Crippen LogP contribution in [0.2, 0.25) is 0 Å². The van der Waals surface area contributed by atoms with E-state index in [0.717, 1.165) is 0 Å². The molecule has 0 bridgehead atoms. The van der Waals surface area contributed by atoms with Crippen LogP contribution >= 0.6 is 0 Å². The highest BCUT2D eigenvalue weighted by atomic mass is 16.2. The van der Waals surface area contributed by atoms with Crippen LogP contribution in [-0.4, -0.2) is 24.9 Å². The summed E-state index contributed by atoms with van der Waals surface area (Å²) in [6.45, 7) is 0. The molecule has 0 aromatic rings. The van der Waals surface area contributed by atoms with Crippen LogP contribution in [0.4, 0.5) is 0 Å². The lowest BCUT2D eigenvalue weighted by molar-refractivity contribution is -0.145. The summed E-state index contributed by atoms with van der Waals surface area (Å²) in [4.78, 5) is 13.2. The van der Waals surface area contributed by atoms with E-state index >= 15 is 0 Å². The number of carbonyl (C=O) groups is 1. The number of amides is 1. The van der Waals surface area contributed by atoms with Gasteiger partial charge in [-0.15, -0.1) is 0 Å². The quantitative estimate of drug-likeness (QED) is 0.581. The molecule has 1 spiro atoms. The van der Waals surface area contributed by atoms with Crippen LogP contribution in [-0.2, 0) is 4.79 Å². The molecule has 2 nitrogen and oxygen atoms in total. The zero-order chi connectivity index (χ0) is 8.77. The summed E-state index contributed by atoms with van der Waals surface area (Å²) in [6.07, 6.45) is 6.49. The number of rotatable bonds is 1. The third kappa shape index (κ3) is 1.05. The van der Waals surface area contributed by atoms with Crippen molar-refractivity contribution in [1.82, 2.24) is 4.90 Å². The molecule has 2 heteroatoms. The van der Waals surface area contributed by atoms with E-state index in [1.165, 1.54) is 32.1 Å². The lowest BCUT2D eigenvalue weighted by atomic mass is 9.51. The minimum absolute atomic E-state index is 0.340. The van der Waals surface area contributed by atoms with Crippen molar-refractivity contribution in [2.24, 2.45) is 11.3 Å². The maximum Gasteiger partial charge on any atom is 0.225 e. The maximum absolute atomic E-state index is 11.5. The van der Waals surface area contributed by atoms with Crippen LogP contribution in [0.25, 0.3) is 0 Å². The van der Waals surface area contributed by atoms with Crippen molar-refractivity contribution < 1.29 is 4.79 Å². The van der Waals surface area contributed by atoms with Crippen molar-refractivity contribution in [3.8, 4) is 0 Å². The van der Waals surface area contributed by atoms with E-state index in [9.17, 15) is 4.79 Å². The fraction of sp³-hybridized carbons (Fsp3) is 0.900. The minimum atomic E-state index is 0.340. The number of hydrogen-bond donors (Lipinski definition) is 0. The molecule has 0 saturated heterocycles. The van der Waals surface area contributed by atoms with Crippen LogP contribution in [0.15, 0.2) is 0 Å². The van der Waals surface area contributed by atoms with Gasteiger partial charge in [0.25, 0.3) is 0 Å². The Balaban J connectivity index is 1.84. The smallest absolute Gasteiger partial charge is 0.225 e. The molecule has 2 fully saturated rings. The second-order valence-electron chi connectivity index (χ2n) is 4.69. The molecule has 0 aromatic carbocycles. The van der Waals surface area contributed by atoms with Crippen LogP contribution in [0.5, 0.6) is 0 Å². The van der Waals surface area contributed by atoms with Gasteiger partial charge in [-0.1, -0.05) is 6.42 Å². The summed E-state index contributed by atoms with van der Waals surface area (Å²) in [6, 6.07) is 0. The van der Waals surface area contributed by atoms with Gasteiger partial charge in [-0.3, -0.25) is 4.79 Å². The molecular weight excluding hydrogens is 150 g/mol. The van der Waals surface area contributed by atoms with Gasteiger partial charge in [-0.05, 0) is 31.1 Å². The second kappa shape index (κ2) is 2.48. The molecule has 0 aromatic heterocycles. The molecule has 1 amide bonds. The summed E-state index contributed by atoms with van der Waals surface area (Å²) < 4.78 is 0. The average molecular weight is 167 g/mol. The van der Waals surface area contributed by atoms with Gasteiger partial charge in [0.1, 0.15) is 0 Å². The van der Waals surface area contributed by atoms with Gasteiger partial charge in [-0.25, -0.2) is 0 Å². The van der Waals surface area contributed by atoms with E-state index in [4.69, 9.17) is 0 Å². The van der Waals surface area contributed by atoms with Crippen LogP contribution in [0.1, 0.15) is 32.1 Å². The fourth-order valence-corrected chi connectivity index (χ4v) is 2.61. The molecule has 0 aliphatic heterocycles. The predicted molar refractivity (Wildman–Crippen MR) is 47.7 cm³/mol. The molecule has 0 unspecified atom stereocenters. The highest BCUT2D eigenvalue weighted by molar-refractivity contribution is 5.79. The molecule has 2 aliphatic rings. The molecule has 0 N–H and O–H groups in total. The summed E-state index contributed by atoms with van der Waals surface area (Å²) in [5, 5.41) is 0. The standard InChI is InChI=1S/C10H17NO/c1-11(2)9(12)8-6-10(7-8)4-3-5-10/h8H,3-7H2,1-2H3. The predicted octanol–water partition coefficient (Wildman–Crippen LogP) is 1.65. The van der Waals surface area contributed by atoms with Crippen molar-refractivity contribution in [3.63, 3.8) is 0 Å². The normalized spacial score (nSPS) is 26.2. The summed E-state index contributed by atoms with van der Waals surface area (Å²) in [7, 11) is 3.71. The molecule has 2 rings (SSSR count). The fourth-order valence-electron chi connectivity index (χ4n) is 2.61. The van der Waals surface area contributed by atoms with Gasteiger partial charge in [0, 0.05) is 20.0 Å². The third-order valence-electron chi connectivity index (χ3n) is 3.56. The molecule has 2 saturated carbocycles. The molecular formula is C10H17NO. The van der Waals surface area contributed by atoms with Gasteiger partial charge in [-0.2, -0.15) is 0 Å². The Labute approximate surface area is 73.9 Å². The lowest BCUT2D eigenvalue weighted by Gasteiger charge is -2.53. The van der Waals surface area contributed by atoms with Crippen LogP contribution < -0.4 is 0 Å². The average Bonchev–Trinajstić information content (AvgIpc) is 1.80. The third-order valence-corrected chi connectivity index (χ3v) is 3.56. The van der Waals surface area contributed by atoms with E-state index in [2.05, 4.69) is 0 Å². The number of hydrogen-bond acceptors (Lipinski definition) is 1. The topological polar surface area (TPSA) is 20.3 Å². The van der Waals surface area contributed by atoms with Crippen molar-refractivity contribution in [3.05, 3.63) is 0 Å². The Morgan fingerprint density at radius 1 is 1.33 bits per heavy atom. The monoisotopic (exact) mass is 167 g/mol. The first-order chi connectivity index (χ1) is 5.63. The minimum Gasteiger partial charge on any atom is -0.349 e. The van der Waals surface area contributed by atoms with Crippen LogP contribution in [0.3, 0.4) is 0 Å². The molecule has 12 heavy (non-hydrogen) atoms. The first-order valence-electron chi connectivity index (χ1n) is 4.84. The number of nitrogens with zero attached hydrogens (tertiary/aromatic N) is 1. The molecule has 2 aliphatic carbocycles.